The molecule has 1 aromatic heterocycles. The number of benzene rings is 1. The van der Waals surface area contributed by atoms with Crippen molar-refractivity contribution in [2.75, 3.05) is 0 Å². The van der Waals surface area contributed by atoms with Crippen LogP contribution in [-0.2, 0) is 26.0 Å². The van der Waals surface area contributed by atoms with E-state index in [-0.39, 0.29) is 40.7 Å². The Hall–Kier alpha value is -2.08. The van der Waals surface area contributed by atoms with E-state index in [1.54, 1.807) is 0 Å². The summed E-state index contributed by atoms with van der Waals surface area (Å²) < 4.78 is 19.9. The molecule has 0 unspecified atom stereocenters. The maximum absolute atomic E-state index is 13.2. The Bertz CT molecular complexity index is 1430. The van der Waals surface area contributed by atoms with Gasteiger partial charge in [0.1, 0.15) is 17.5 Å². The smallest absolute Gasteiger partial charge is 0.178 e. The highest BCUT2D eigenvalue weighted by atomic mass is 16.7. The second-order valence-electron chi connectivity index (χ2n) is 14.4. The van der Waals surface area contributed by atoms with Gasteiger partial charge in [-0.25, -0.2) is 0 Å². The molecule has 9 atom stereocenters. The molecule has 5 heteroatoms. The maximum Gasteiger partial charge on any atom is 0.178 e. The van der Waals surface area contributed by atoms with E-state index in [4.69, 9.17) is 14.2 Å². The summed E-state index contributed by atoms with van der Waals surface area (Å²) in [5, 5.41) is 14.5. The summed E-state index contributed by atoms with van der Waals surface area (Å²) in [6, 6.07) is 8.72. The summed E-state index contributed by atoms with van der Waals surface area (Å²) in [6.45, 7) is 13.2. The van der Waals surface area contributed by atoms with Crippen LogP contribution >= 0.6 is 0 Å². The number of hydrogen-bond donors (Lipinski definition) is 2. The van der Waals surface area contributed by atoms with Crippen LogP contribution in [0.25, 0.3) is 10.9 Å². The summed E-state index contributed by atoms with van der Waals surface area (Å²) in [5.74, 6) is 1.76. The lowest BCUT2D eigenvalue weighted by atomic mass is 9.41. The minimum absolute atomic E-state index is 0.0966. The van der Waals surface area contributed by atoms with Crippen molar-refractivity contribution in [3.8, 4) is 0 Å². The average molecular weight is 516 g/mol. The highest BCUT2D eigenvalue weighted by Crippen LogP contribution is 2.81. The minimum Gasteiger partial charge on any atom is -0.489 e. The van der Waals surface area contributed by atoms with Gasteiger partial charge in [-0.15, -0.1) is 0 Å². The average Bonchev–Trinajstić information content (AvgIpc) is 3.43. The number of allylic oxidation sites excluding steroid dienone is 2. The number of rotatable bonds is 1. The molecular weight excluding hydrogens is 474 g/mol. The van der Waals surface area contributed by atoms with Crippen molar-refractivity contribution in [1.82, 2.24) is 4.98 Å². The number of H-pyrrole nitrogens is 1. The Morgan fingerprint density at radius 2 is 1.92 bits per heavy atom. The molecule has 4 aliphatic carbocycles. The zero-order valence-electron chi connectivity index (χ0n) is 23.6. The quantitative estimate of drug-likeness (QED) is 0.437. The third-order valence-electron chi connectivity index (χ3n) is 12.2. The summed E-state index contributed by atoms with van der Waals surface area (Å²) in [4.78, 5) is 3.86. The first-order valence-corrected chi connectivity index (χ1v) is 14.6. The zero-order valence-corrected chi connectivity index (χ0v) is 23.6. The number of fused-ring (bicyclic) bond motifs is 9. The predicted octanol–water partition coefficient (Wildman–Crippen LogP) is 6.31. The number of aromatic nitrogens is 1. The van der Waals surface area contributed by atoms with Gasteiger partial charge in [-0.3, -0.25) is 0 Å². The van der Waals surface area contributed by atoms with Gasteiger partial charge in [0.25, 0.3) is 0 Å². The van der Waals surface area contributed by atoms with E-state index < -0.39 is 11.2 Å². The van der Waals surface area contributed by atoms with E-state index in [0.717, 1.165) is 37.9 Å². The summed E-state index contributed by atoms with van der Waals surface area (Å²) in [6.07, 6.45) is 8.43. The van der Waals surface area contributed by atoms with Crippen molar-refractivity contribution < 1.29 is 19.3 Å². The van der Waals surface area contributed by atoms with Crippen LogP contribution in [0.1, 0.15) is 78.5 Å². The van der Waals surface area contributed by atoms with Gasteiger partial charge < -0.3 is 24.3 Å². The molecule has 3 heterocycles. The van der Waals surface area contributed by atoms with Gasteiger partial charge >= 0.3 is 0 Å². The highest BCUT2D eigenvalue weighted by Gasteiger charge is 2.84. The zero-order chi connectivity index (χ0) is 26.5. The molecule has 0 amide bonds. The van der Waals surface area contributed by atoms with E-state index in [1.165, 1.54) is 27.7 Å². The lowest BCUT2D eigenvalue weighted by molar-refractivity contribution is -0.327. The molecule has 4 fully saturated rings. The third-order valence-corrected chi connectivity index (χ3v) is 12.2. The highest BCUT2D eigenvalue weighted by molar-refractivity contribution is 5.86. The van der Waals surface area contributed by atoms with Crippen LogP contribution in [0.4, 0.5) is 0 Å². The van der Waals surface area contributed by atoms with Crippen LogP contribution in [0.15, 0.2) is 47.7 Å². The molecule has 6 aliphatic rings. The van der Waals surface area contributed by atoms with Gasteiger partial charge in [0, 0.05) is 33.3 Å². The monoisotopic (exact) mass is 515 g/mol. The molecule has 1 aromatic carbocycles. The fraction of sp³-hybridized carbons (Fsp3) is 0.636. The number of aromatic amines is 1. The van der Waals surface area contributed by atoms with Crippen LogP contribution in [0.3, 0.4) is 0 Å². The standard InChI is InChI=1S/C33H41NO4/c1-18(2)15-25-37-26-22-17-32(22)24(36-28(26)29(3,4)38-25)12-13-30(5)31(6)19(11-14-33(30,32)35)16-21-20-9-7-8-10-23(20)34-27(21)31/h7-10,12,15,19,22,25-26,28,34-35H,11,13-14,16-17H2,1-6H3/t19-,22+,25-,26-,28-,30+,31+,32-,33-/m0/s1. The molecule has 202 valence electrons. The van der Waals surface area contributed by atoms with Gasteiger partial charge in [-0.1, -0.05) is 37.6 Å². The van der Waals surface area contributed by atoms with Crippen LogP contribution in [0, 0.1) is 22.7 Å². The lowest BCUT2D eigenvalue weighted by Gasteiger charge is -2.66. The second-order valence-corrected chi connectivity index (χ2v) is 14.4. The molecule has 0 radical (unpaired) electrons. The first-order chi connectivity index (χ1) is 18.0. The Kier molecular flexibility index (Phi) is 4.36. The number of nitrogens with one attached hydrogen (secondary N) is 1. The van der Waals surface area contributed by atoms with Crippen LogP contribution < -0.4 is 0 Å². The van der Waals surface area contributed by atoms with Gasteiger partial charge in [0.2, 0.25) is 0 Å². The van der Waals surface area contributed by atoms with Gasteiger partial charge in [-0.05, 0) is 89.5 Å². The molecule has 8 rings (SSSR count). The minimum atomic E-state index is -0.859. The normalized spacial score (nSPS) is 47.3. The van der Waals surface area contributed by atoms with Crippen molar-refractivity contribution in [3.63, 3.8) is 0 Å². The van der Waals surface area contributed by atoms with Crippen LogP contribution in [-0.4, -0.2) is 39.8 Å². The summed E-state index contributed by atoms with van der Waals surface area (Å²) in [5.41, 5.74) is 3.04. The fourth-order valence-corrected chi connectivity index (χ4v) is 10.1. The Morgan fingerprint density at radius 3 is 2.71 bits per heavy atom. The van der Waals surface area contributed by atoms with Gasteiger partial charge in [0.05, 0.1) is 11.0 Å². The van der Waals surface area contributed by atoms with E-state index in [2.05, 4.69) is 82.9 Å². The Morgan fingerprint density at radius 1 is 1.13 bits per heavy atom. The van der Waals surface area contributed by atoms with Crippen molar-refractivity contribution >= 4 is 10.9 Å². The summed E-state index contributed by atoms with van der Waals surface area (Å²) >= 11 is 0. The first kappa shape index (κ1) is 23.8. The van der Waals surface area contributed by atoms with Crippen LogP contribution in [0.2, 0.25) is 0 Å². The molecule has 2 saturated heterocycles. The lowest BCUT2D eigenvalue weighted by Crippen LogP contribution is -2.70. The molecule has 2 aromatic rings. The molecule has 5 nitrogen and oxygen atoms in total. The van der Waals surface area contributed by atoms with Crippen molar-refractivity contribution in [2.45, 2.75) is 109 Å². The number of hydrogen-bond acceptors (Lipinski definition) is 4. The topological polar surface area (TPSA) is 63.7 Å². The maximum atomic E-state index is 13.2. The Labute approximate surface area is 225 Å². The number of para-hydroxylation sites is 1. The van der Waals surface area contributed by atoms with Crippen molar-refractivity contribution in [1.29, 1.82) is 0 Å². The van der Waals surface area contributed by atoms with Crippen LogP contribution in [0.5, 0.6) is 0 Å². The number of ether oxygens (including phenoxy) is 3. The summed E-state index contributed by atoms with van der Waals surface area (Å²) in [7, 11) is 0. The molecule has 2 saturated carbocycles. The van der Waals surface area contributed by atoms with E-state index in [0.29, 0.717) is 5.92 Å². The predicted molar refractivity (Wildman–Crippen MR) is 147 cm³/mol. The van der Waals surface area contributed by atoms with Crippen molar-refractivity contribution in [3.05, 3.63) is 59.0 Å². The molecule has 38 heavy (non-hydrogen) atoms. The first-order valence-electron chi connectivity index (χ1n) is 14.6. The molecule has 2 aliphatic heterocycles. The molecular formula is C33H41NO4. The van der Waals surface area contributed by atoms with Crippen molar-refractivity contribution in [2.24, 2.45) is 22.7 Å². The SMILES string of the molecule is CC(C)=C[C@H]1O[C@H]2[C@H]3C[C@@]34C(=CC[C@@]3(C)[C@@]4(O)CC[C@H]4Cc5c([nH]c6ccccc56)[C@@]43C)O[C@@H]2C(C)(C)O1. The van der Waals surface area contributed by atoms with E-state index >= 15 is 0 Å². The van der Waals surface area contributed by atoms with E-state index in [1.807, 2.05) is 0 Å². The molecule has 1 spiro atoms. The molecule has 0 bridgehead atoms. The van der Waals surface area contributed by atoms with Gasteiger partial charge in [0.15, 0.2) is 12.4 Å². The number of aliphatic hydroxyl groups is 1. The fourth-order valence-electron chi connectivity index (χ4n) is 10.1. The van der Waals surface area contributed by atoms with Gasteiger partial charge in [-0.2, -0.15) is 0 Å². The second kappa shape index (κ2) is 6.97. The molecule has 2 N–H and O–H groups in total. The van der Waals surface area contributed by atoms with E-state index in [9.17, 15) is 5.11 Å². The third kappa shape index (κ3) is 2.47. The Balaban J connectivity index is 1.25. The largest absolute Gasteiger partial charge is 0.489 e.